The molecule has 3 saturated heterocycles. The second-order valence-corrected chi connectivity index (χ2v) is 22.9. The van der Waals surface area contributed by atoms with Gasteiger partial charge in [0, 0.05) is 11.8 Å². The summed E-state index contributed by atoms with van der Waals surface area (Å²) >= 11 is 0. The molecule has 12 heteroatoms. The van der Waals surface area contributed by atoms with Gasteiger partial charge in [-0.15, -0.1) is 0 Å². The smallest absolute Gasteiger partial charge is 0.325 e. The minimum atomic E-state index is -0.559. The summed E-state index contributed by atoms with van der Waals surface area (Å²) < 4.78 is 28.3. The number of ether oxygens (including phenoxy) is 5. The number of hydrogen-bond acceptors (Lipinski definition) is 11. The molecule has 2 N–H and O–H groups in total. The second kappa shape index (κ2) is 16.1. The molecule has 7 unspecified atom stereocenters. The lowest BCUT2D eigenvalue weighted by Gasteiger charge is -2.59. The van der Waals surface area contributed by atoms with Gasteiger partial charge in [-0.1, -0.05) is 34.6 Å². The van der Waals surface area contributed by atoms with Gasteiger partial charge in [0.15, 0.2) is 12.2 Å². The Balaban J connectivity index is 0.000000137. The van der Waals surface area contributed by atoms with Crippen molar-refractivity contribution in [3.63, 3.8) is 0 Å². The van der Waals surface area contributed by atoms with E-state index in [0.717, 1.165) is 50.4 Å². The Morgan fingerprint density at radius 1 is 0.717 bits per heavy atom. The minimum absolute atomic E-state index is 0.0185. The highest BCUT2D eigenvalue weighted by molar-refractivity contribution is 5.86. The van der Waals surface area contributed by atoms with Crippen molar-refractivity contribution in [3.05, 3.63) is 0 Å². The van der Waals surface area contributed by atoms with E-state index in [2.05, 4.69) is 19.2 Å². The third-order valence-corrected chi connectivity index (χ3v) is 17.2. The molecule has 11 aliphatic rings. The SMILES string of the molecule is CCC(C)(C)C(=O)NCC(=O)OC1C2CC3C(=O)OC1C3O2.CCC(C)(C)C(=O)OC1(C)C2CC3CC(C2)CC1C3.CCC(C)(C)C(=O)OC12CC3CC(CC(O)(C3)C1)C2. The van der Waals surface area contributed by atoms with Crippen LogP contribution in [0.15, 0.2) is 0 Å². The van der Waals surface area contributed by atoms with Gasteiger partial charge in [-0.05, 0) is 160 Å². The van der Waals surface area contributed by atoms with Gasteiger partial charge in [-0.25, -0.2) is 0 Å². The molecular formula is C48H75NO11. The normalized spacial score (nSPS) is 41.1. The van der Waals surface area contributed by atoms with Gasteiger partial charge in [-0.2, -0.15) is 0 Å². The molecule has 0 aromatic rings. The van der Waals surface area contributed by atoms with Crippen molar-refractivity contribution in [3.8, 4) is 0 Å². The van der Waals surface area contributed by atoms with Crippen LogP contribution in [-0.4, -0.2) is 82.7 Å². The number of carbonyl (C=O) groups is 5. The predicted octanol–water partition coefficient (Wildman–Crippen LogP) is 7.39. The van der Waals surface area contributed by atoms with Gasteiger partial charge < -0.3 is 34.1 Å². The van der Waals surface area contributed by atoms with Crippen molar-refractivity contribution in [2.75, 3.05) is 6.54 Å². The molecule has 7 atom stereocenters. The summed E-state index contributed by atoms with van der Waals surface area (Å²) in [5.74, 6) is 2.94. The summed E-state index contributed by atoms with van der Waals surface area (Å²) in [7, 11) is 0. The first kappa shape index (κ1) is 45.3. The maximum Gasteiger partial charge on any atom is 0.325 e. The third-order valence-electron chi connectivity index (χ3n) is 17.2. The van der Waals surface area contributed by atoms with Gasteiger partial charge in [0.05, 0.1) is 28.5 Å². The zero-order valence-electron chi connectivity index (χ0n) is 38.2. The van der Waals surface area contributed by atoms with Crippen molar-refractivity contribution in [2.45, 2.75) is 207 Å². The number of aliphatic hydroxyl groups is 1. The molecule has 0 aromatic heterocycles. The largest absolute Gasteiger partial charge is 0.459 e. The van der Waals surface area contributed by atoms with Crippen LogP contribution in [0.25, 0.3) is 0 Å². The molecule has 3 heterocycles. The maximum absolute atomic E-state index is 12.5. The Bertz CT molecular complexity index is 1640. The van der Waals surface area contributed by atoms with Crippen LogP contribution in [0.5, 0.6) is 0 Å². The molecule has 0 aromatic carbocycles. The second-order valence-electron chi connectivity index (χ2n) is 22.9. The Morgan fingerprint density at radius 2 is 1.23 bits per heavy atom. The van der Waals surface area contributed by atoms with Crippen molar-refractivity contribution < 1.29 is 52.8 Å². The summed E-state index contributed by atoms with van der Waals surface area (Å²) in [6.45, 7) is 19.6. The van der Waals surface area contributed by atoms with Crippen molar-refractivity contribution in [1.82, 2.24) is 5.32 Å². The highest BCUT2D eigenvalue weighted by Gasteiger charge is 2.65. The molecule has 338 valence electrons. The van der Waals surface area contributed by atoms with E-state index in [-0.39, 0.29) is 65.1 Å². The van der Waals surface area contributed by atoms with E-state index in [1.165, 1.54) is 38.5 Å². The van der Waals surface area contributed by atoms with Gasteiger partial charge >= 0.3 is 23.9 Å². The zero-order chi connectivity index (χ0) is 43.8. The molecule has 8 saturated carbocycles. The standard InChI is InChI=1S/C17H28O2.C16H26O3.C15H21NO6/c1-5-16(2,3)15(18)19-17(4)13-7-11-6-12(9-13)10-14(17)8-11;1-4-14(2,3)13(17)19-16-8-11-5-12(9-16)7-15(18,6-11)10-16;1-4-15(2,3)14(19)16-6-9(17)21-11-8-5-7-10(20-8)12(11)22-13(7)18/h11-14H,5-10H2,1-4H3;11-12,18H,4-10H2,1-3H3;7-8,10-12H,4-6H2,1-3H3,(H,16,19). The first-order valence-corrected chi connectivity index (χ1v) is 23.5. The van der Waals surface area contributed by atoms with Gasteiger partial charge in [-0.3, -0.25) is 24.0 Å². The molecule has 8 aliphatic carbocycles. The topological polar surface area (TPSA) is 164 Å². The molecule has 0 radical (unpaired) electrons. The van der Waals surface area contributed by atoms with Crippen LogP contribution in [0.2, 0.25) is 0 Å². The van der Waals surface area contributed by atoms with E-state index in [9.17, 15) is 29.1 Å². The fraction of sp³-hybridized carbons (Fsp3) is 0.896. The lowest BCUT2D eigenvalue weighted by Crippen LogP contribution is -2.61. The van der Waals surface area contributed by atoms with E-state index in [1.54, 1.807) is 0 Å². The fourth-order valence-electron chi connectivity index (χ4n) is 12.6. The predicted molar refractivity (Wildman–Crippen MR) is 222 cm³/mol. The van der Waals surface area contributed by atoms with Gasteiger partial charge in [0.2, 0.25) is 5.91 Å². The molecule has 10 bridgehead atoms. The van der Waals surface area contributed by atoms with E-state index in [0.29, 0.717) is 42.9 Å². The summed E-state index contributed by atoms with van der Waals surface area (Å²) in [5, 5.41) is 13.2. The maximum atomic E-state index is 12.5. The van der Waals surface area contributed by atoms with Gasteiger partial charge in [0.25, 0.3) is 0 Å². The first-order chi connectivity index (χ1) is 27.9. The number of carbonyl (C=O) groups excluding carboxylic acids is 5. The summed E-state index contributed by atoms with van der Waals surface area (Å²) in [6.07, 6.45) is 13.5. The molecule has 11 fully saturated rings. The number of amides is 1. The van der Waals surface area contributed by atoms with Gasteiger partial charge in [0.1, 0.15) is 23.9 Å². The van der Waals surface area contributed by atoms with E-state index < -0.39 is 34.6 Å². The average Bonchev–Trinajstić information content (AvgIpc) is 3.81. The lowest BCUT2D eigenvalue weighted by molar-refractivity contribution is -0.225. The Kier molecular flexibility index (Phi) is 12.2. The molecular weight excluding hydrogens is 767 g/mol. The number of rotatable bonds is 11. The van der Waals surface area contributed by atoms with E-state index in [4.69, 9.17) is 23.7 Å². The quantitative estimate of drug-likeness (QED) is 0.158. The monoisotopic (exact) mass is 842 g/mol. The molecule has 0 spiro atoms. The number of nitrogens with one attached hydrogen (secondary N) is 1. The van der Waals surface area contributed by atoms with Crippen LogP contribution >= 0.6 is 0 Å². The summed E-state index contributed by atoms with van der Waals surface area (Å²) in [4.78, 5) is 60.3. The molecule has 1 amide bonds. The van der Waals surface area contributed by atoms with Crippen LogP contribution in [0.3, 0.4) is 0 Å². The Hall–Kier alpha value is -2.73. The molecule has 3 aliphatic heterocycles. The fourth-order valence-corrected chi connectivity index (χ4v) is 12.6. The van der Waals surface area contributed by atoms with Crippen LogP contribution in [0, 0.1) is 57.7 Å². The van der Waals surface area contributed by atoms with Crippen LogP contribution in [0.1, 0.15) is 166 Å². The highest BCUT2D eigenvalue weighted by atomic mass is 16.7. The average molecular weight is 842 g/mol. The molecule has 12 nitrogen and oxygen atoms in total. The highest BCUT2D eigenvalue weighted by Crippen LogP contribution is 2.61. The number of hydrogen-bond donors (Lipinski definition) is 2. The van der Waals surface area contributed by atoms with Crippen molar-refractivity contribution in [2.24, 2.45) is 57.7 Å². The van der Waals surface area contributed by atoms with Crippen LogP contribution in [-0.2, 0) is 47.7 Å². The van der Waals surface area contributed by atoms with Crippen molar-refractivity contribution >= 4 is 29.8 Å². The Labute approximate surface area is 358 Å². The molecule has 60 heavy (non-hydrogen) atoms. The number of esters is 4. The van der Waals surface area contributed by atoms with E-state index in [1.807, 2.05) is 55.4 Å². The first-order valence-electron chi connectivity index (χ1n) is 23.5. The zero-order valence-corrected chi connectivity index (χ0v) is 38.2. The minimum Gasteiger partial charge on any atom is -0.459 e. The summed E-state index contributed by atoms with van der Waals surface area (Å²) in [5.41, 5.74) is -2.35. The third kappa shape index (κ3) is 8.64. The number of fused-ring (bicyclic) bond motifs is 1. The molecule has 11 rings (SSSR count). The summed E-state index contributed by atoms with van der Waals surface area (Å²) in [6, 6.07) is 0. The van der Waals surface area contributed by atoms with Crippen LogP contribution < -0.4 is 5.32 Å². The van der Waals surface area contributed by atoms with Crippen LogP contribution in [0.4, 0.5) is 0 Å². The van der Waals surface area contributed by atoms with Crippen molar-refractivity contribution in [1.29, 1.82) is 0 Å². The van der Waals surface area contributed by atoms with E-state index >= 15 is 0 Å². The lowest BCUT2D eigenvalue weighted by atomic mass is 9.50. The Morgan fingerprint density at radius 3 is 1.75 bits per heavy atom.